The van der Waals surface area contributed by atoms with Crippen LogP contribution < -0.4 is 0 Å². The number of nitrogens with zero attached hydrogens (tertiary/aromatic N) is 1. The van der Waals surface area contributed by atoms with Crippen molar-refractivity contribution in [1.29, 1.82) is 0 Å². The number of hydrogen-bond acceptors (Lipinski definition) is 3. The Kier molecular flexibility index (Phi) is 5.22. The molecule has 100 valence electrons. The molecule has 0 saturated heterocycles. The summed E-state index contributed by atoms with van der Waals surface area (Å²) in [5.74, 6) is -0.286. The molecule has 0 bridgehead atoms. The van der Waals surface area contributed by atoms with E-state index in [0.29, 0.717) is 11.5 Å². The number of rotatable bonds is 6. The first kappa shape index (κ1) is 14.6. The third-order valence-corrected chi connectivity index (χ3v) is 2.55. The van der Waals surface area contributed by atoms with E-state index >= 15 is 0 Å². The Labute approximate surface area is 106 Å². The molecule has 0 fully saturated rings. The minimum Gasteiger partial charge on any atom is -0.374 e. The second-order valence-corrected chi connectivity index (χ2v) is 4.79. The molecule has 1 rings (SSSR count). The lowest BCUT2D eigenvalue weighted by molar-refractivity contribution is -0.387. The van der Waals surface area contributed by atoms with Gasteiger partial charge in [-0.15, -0.1) is 0 Å². The third kappa shape index (κ3) is 4.41. The van der Waals surface area contributed by atoms with Gasteiger partial charge in [-0.05, 0) is 37.0 Å². The molecule has 1 aromatic rings. The highest BCUT2D eigenvalue weighted by Gasteiger charge is 2.14. The first-order valence-electron chi connectivity index (χ1n) is 5.94. The van der Waals surface area contributed by atoms with Crippen molar-refractivity contribution in [2.45, 2.75) is 39.9 Å². The SMILES string of the molecule is CC(C)CC(C)OCc1ccc([N+](=O)[O-])c(F)c1. The molecule has 18 heavy (non-hydrogen) atoms. The molecule has 0 aliphatic rings. The summed E-state index contributed by atoms with van der Waals surface area (Å²) in [6, 6.07) is 3.84. The van der Waals surface area contributed by atoms with Crippen LogP contribution >= 0.6 is 0 Å². The van der Waals surface area contributed by atoms with Gasteiger partial charge in [0.05, 0.1) is 17.6 Å². The average Bonchev–Trinajstić information content (AvgIpc) is 2.25. The summed E-state index contributed by atoms with van der Waals surface area (Å²) in [7, 11) is 0. The molecule has 0 saturated carbocycles. The minimum absolute atomic E-state index is 0.0863. The van der Waals surface area contributed by atoms with Gasteiger partial charge in [0.2, 0.25) is 5.82 Å². The number of hydrogen-bond donors (Lipinski definition) is 0. The van der Waals surface area contributed by atoms with Crippen LogP contribution in [-0.2, 0) is 11.3 Å². The lowest BCUT2D eigenvalue weighted by Gasteiger charge is -2.15. The Morgan fingerprint density at radius 1 is 1.39 bits per heavy atom. The molecule has 4 nitrogen and oxygen atoms in total. The topological polar surface area (TPSA) is 52.4 Å². The maximum Gasteiger partial charge on any atom is 0.304 e. The summed E-state index contributed by atoms with van der Waals surface area (Å²) in [5.41, 5.74) is 0.0997. The van der Waals surface area contributed by atoms with Crippen molar-refractivity contribution < 1.29 is 14.1 Å². The van der Waals surface area contributed by atoms with E-state index in [4.69, 9.17) is 4.74 Å². The second kappa shape index (κ2) is 6.44. The number of nitro groups is 1. The summed E-state index contributed by atoms with van der Waals surface area (Å²) < 4.78 is 18.9. The summed E-state index contributed by atoms with van der Waals surface area (Å²) in [6.45, 7) is 6.43. The molecule has 1 aromatic carbocycles. The van der Waals surface area contributed by atoms with Crippen LogP contribution in [-0.4, -0.2) is 11.0 Å². The maximum absolute atomic E-state index is 13.3. The standard InChI is InChI=1S/C13H18FNO3/c1-9(2)6-10(3)18-8-11-4-5-13(15(16)17)12(14)7-11/h4-5,7,9-10H,6,8H2,1-3H3. The van der Waals surface area contributed by atoms with Crippen molar-refractivity contribution in [3.8, 4) is 0 Å². The quantitative estimate of drug-likeness (QED) is 0.575. The number of halogens is 1. The van der Waals surface area contributed by atoms with E-state index in [2.05, 4.69) is 13.8 Å². The number of benzene rings is 1. The first-order valence-corrected chi connectivity index (χ1v) is 5.94. The fraction of sp³-hybridized carbons (Fsp3) is 0.538. The predicted molar refractivity (Wildman–Crippen MR) is 66.8 cm³/mol. The van der Waals surface area contributed by atoms with Crippen molar-refractivity contribution in [1.82, 2.24) is 0 Å². The van der Waals surface area contributed by atoms with E-state index in [1.807, 2.05) is 6.92 Å². The van der Waals surface area contributed by atoms with E-state index < -0.39 is 16.4 Å². The molecule has 1 atom stereocenters. The Hall–Kier alpha value is -1.49. The van der Waals surface area contributed by atoms with Gasteiger partial charge in [-0.3, -0.25) is 10.1 Å². The fourth-order valence-electron chi connectivity index (χ4n) is 1.76. The van der Waals surface area contributed by atoms with Crippen LogP contribution in [0, 0.1) is 21.8 Å². The molecule has 0 amide bonds. The molecule has 0 aliphatic carbocycles. The van der Waals surface area contributed by atoms with Gasteiger partial charge < -0.3 is 4.74 Å². The molecule has 1 unspecified atom stereocenters. The van der Waals surface area contributed by atoms with Crippen molar-refractivity contribution in [2.24, 2.45) is 5.92 Å². The largest absolute Gasteiger partial charge is 0.374 e. The van der Waals surface area contributed by atoms with E-state index in [1.165, 1.54) is 12.1 Å². The Bertz CT molecular complexity index is 421. The summed E-state index contributed by atoms with van der Waals surface area (Å²) in [4.78, 5) is 9.72. The van der Waals surface area contributed by atoms with Gasteiger partial charge in [0, 0.05) is 6.07 Å². The molecule has 5 heteroatoms. The zero-order valence-corrected chi connectivity index (χ0v) is 10.9. The van der Waals surface area contributed by atoms with Gasteiger partial charge >= 0.3 is 5.69 Å². The highest BCUT2D eigenvalue weighted by atomic mass is 19.1. The zero-order chi connectivity index (χ0) is 13.7. The lowest BCUT2D eigenvalue weighted by atomic mass is 10.1. The second-order valence-electron chi connectivity index (χ2n) is 4.79. The predicted octanol–water partition coefficient (Wildman–Crippen LogP) is 3.69. The van der Waals surface area contributed by atoms with Crippen LogP contribution in [0.2, 0.25) is 0 Å². The van der Waals surface area contributed by atoms with Gasteiger partial charge in [0.15, 0.2) is 0 Å². The van der Waals surface area contributed by atoms with Crippen LogP contribution in [0.5, 0.6) is 0 Å². The third-order valence-electron chi connectivity index (χ3n) is 2.55. The molecule has 0 aliphatic heterocycles. The Morgan fingerprint density at radius 3 is 2.56 bits per heavy atom. The van der Waals surface area contributed by atoms with E-state index in [-0.39, 0.29) is 12.7 Å². The Balaban J connectivity index is 2.58. The normalized spacial score (nSPS) is 12.7. The molecular weight excluding hydrogens is 237 g/mol. The first-order chi connectivity index (χ1) is 8.40. The number of ether oxygens (including phenoxy) is 1. The van der Waals surface area contributed by atoms with Gasteiger partial charge in [-0.25, -0.2) is 0 Å². The number of nitro benzene ring substituents is 1. The van der Waals surface area contributed by atoms with Crippen LogP contribution in [0.25, 0.3) is 0 Å². The smallest absolute Gasteiger partial charge is 0.304 e. The lowest BCUT2D eigenvalue weighted by Crippen LogP contribution is -2.11. The van der Waals surface area contributed by atoms with Gasteiger partial charge in [0.25, 0.3) is 0 Å². The zero-order valence-electron chi connectivity index (χ0n) is 10.9. The van der Waals surface area contributed by atoms with Gasteiger partial charge in [0.1, 0.15) is 0 Å². The van der Waals surface area contributed by atoms with Crippen molar-refractivity contribution in [2.75, 3.05) is 0 Å². The van der Waals surface area contributed by atoms with Crippen molar-refractivity contribution >= 4 is 5.69 Å². The van der Waals surface area contributed by atoms with Crippen LogP contribution in [0.1, 0.15) is 32.8 Å². The fourth-order valence-corrected chi connectivity index (χ4v) is 1.76. The summed E-state index contributed by atoms with van der Waals surface area (Å²) in [6.07, 6.45) is 1.01. The summed E-state index contributed by atoms with van der Waals surface area (Å²) >= 11 is 0. The molecule has 0 aromatic heterocycles. The van der Waals surface area contributed by atoms with E-state index in [9.17, 15) is 14.5 Å². The molecular formula is C13H18FNO3. The molecule has 0 spiro atoms. The molecule has 0 heterocycles. The van der Waals surface area contributed by atoms with Crippen LogP contribution in [0.4, 0.5) is 10.1 Å². The highest BCUT2D eigenvalue weighted by Crippen LogP contribution is 2.19. The van der Waals surface area contributed by atoms with E-state index in [1.54, 1.807) is 0 Å². The maximum atomic E-state index is 13.3. The van der Waals surface area contributed by atoms with Gasteiger partial charge in [-0.1, -0.05) is 13.8 Å². The molecule has 0 N–H and O–H groups in total. The monoisotopic (exact) mass is 255 g/mol. The van der Waals surface area contributed by atoms with Crippen LogP contribution in [0.3, 0.4) is 0 Å². The van der Waals surface area contributed by atoms with Crippen molar-refractivity contribution in [3.05, 3.63) is 39.7 Å². The Morgan fingerprint density at radius 2 is 2.06 bits per heavy atom. The highest BCUT2D eigenvalue weighted by molar-refractivity contribution is 5.34. The van der Waals surface area contributed by atoms with E-state index in [0.717, 1.165) is 12.5 Å². The minimum atomic E-state index is -0.822. The van der Waals surface area contributed by atoms with Gasteiger partial charge in [-0.2, -0.15) is 4.39 Å². The van der Waals surface area contributed by atoms with Crippen molar-refractivity contribution in [3.63, 3.8) is 0 Å². The molecule has 0 radical (unpaired) electrons. The summed E-state index contributed by atoms with van der Waals surface area (Å²) in [5, 5.41) is 10.5. The average molecular weight is 255 g/mol. The van der Waals surface area contributed by atoms with Crippen LogP contribution in [0.15, 0.2) is 18.2 Å².